The third kappa shape index (κ3) is 3.41. The maximum atomic E-state index is 13.5. The summed E-state index contributed by atoms with van der Waals surface area (Å²) in [4.78, 5) is 24.0. The van der Waals surface area contributed by atoms with Gasteiger partial charge in [0.2, 0.25) is 5.56 Å². The Morgan fingerprint density at radius 1 is 1.07 bits per heavy atom. The number of halogens is 3. The molecule has 2 aliphatic rings. The molecule has 3 aromatic rings. The smallest absolute Gasteiger partial charge is 0.346 e. The quantitative estimate of drug-likeness (QED) is 0.667. The van der Waals surface area contributed by atoms with E-state index in [9.17, 15) is 18.0 Å². The molecule has 1 saturated heterocycles. The number of aromatic nitrogens is 3. The highest BCUT2D eigenvalue weighted by molar-refractivity contribution is 5.94. The predicted octanol–water partition coefficient (Wildman–Crippen LogP) is 4.72. The van der Waals surface area contributed by atoms with Gasteiger partial charge in [-0.05, 0) is 67.3 Å². The van der Waals surface area contributed by atoms with Crippen LogP contribution in [0.2, 0.25) is 0 Å². The van der Waals surface area contributed by atoms with Crippen molar-refractivity contribution in [3.63, 3.8) is 0 Å². The number of hydrogen-bond acceptors (Lipinski definition) is 3. The first-order valence-electron chi connectivity index (χ1n) is 9.96. The van der Waals surface area contributed by atoms with Crippen LogP contribution in [-0.4, -0.2) is 33.7 Å². The molecule has 152 valence electrons. The van der Waals surface area contributed by atoms with Gasteiger partial charge in [-0.2, -0.15) is 13.2 Å². The van der Waals surface area contributed by atoms with Crippen molar-refractivity contribution in [2.24, 2.45) is 0 Å². The second-order valence-electron chi connectivity index (χ2n) is 7.98. The molecule has 29 heavy (non-hydrogen) atoms. The highest BCUT2D eigenvalue weighted by atomic mass is 19.4. The molecule has 0 spiro atoms. The van der Waals surface area contributed by atoms with Crippen LogP contribution in [0.15, 0.2) is 35.3 Å². The Morgan fingerprint density at radius 3 is 2.66 bits per heavy atom. The van der Waals surface area contributed by atoms with Gasteiger partial charge in [-0.15, -0.1) is 0 Å². The first-order chi connectivity index (χ1) is 13.9. The first kappa shape index (κ1) is 18.3. The maximum absolute atomic E-state index is 13.5. The average Bonchev–Trinajstić information content (AvgIpc) is 3.45. The molecule has 5 rings (SSSR count). The zero-order valence-electron chi connectivity index (χ0n) is 15.7. The number of piperidine rings is 1. The van der Waals surface area contributed by atoms with Gasteiger partial charge >= 0.3 is 6.18 Å². The van der Waals surface area contributed by atoms with E-state index >= 15 is 0 Å². The van der Waals surface area contributed by atoms with Gasteiger partial charge in [0.25, 0.3) is 0 Å². The largest absolute Gasteiger partial charge is 0.408 e. The normalized spacial score (nSPS) is 20.4. The fourth-order valence-corrected chi connectivity index (χ4v) is 4.31. The van der Waals surface area contributed by atoms with E-state index in [0.717, 1.165) is 35.1 Å². The van der Waals surface area contributed by atoms with Crippen molar-refractivity contribution < 1.29 is 13.2 Å². The highest BCUT2D eigenvalue weighted by Gasteiger charge is 2.45. The van der Waals surface area contributed by atoms with Crippen LogP contribution in [0.3, 0.4) is 0 Å². The van der Waals surface area contributed by atoms with Gasteiger partial charge in [-0.3, -0.25) is 4.79 Å². The minimum absolute atomic E-state index is 0.0395. The van der Waals surface area contributed by atoms with Crippen molar-refractivity contribution in [1.82, 2.24) is 15.0 Å². The van der Waals surface area contributed by atoms with Gasteiger partial charge < -0.3 is 14.9 Å². The first-order valence-corrected chi connectivity index (χ1v) is 9.96. The molecule has 0 radical (unpaired) electrons. The molecule has 0 aromatic carbocycles. The number of pyridine rings is 2. The van der Waals surface area contributed by atoms with Crippen LogP contribution in [0, 0.1) is 0 Å². The molecule has 1 aliphatic heterocycles. The molecule has 0 amide bonds. The Balaban J connectivity index is 1.60. The van der Waals surface area contributed by atoms with Crippen LogP contribution in [-0.2, 0) is 0 Å². The molecule has 2 fully saturated rings. The number of H-pyrrole nitrogens is 2. The van der Waals surface area contributed by atoms with Gasteiger partial charge in [-0.1, -0.05) is 0 Å². The number of anilines is 1. The molecule has 3 aromatic heterocycles. The maximum Gasteiger partial charge on any atom is 0.408 e. The summed E-state index contributed by atoms with van der Waals surface area (Å²) >= 11 is 0. The van der Waals surface area contributed by atoms with E-state index in [0.29, 0.717) is 24.3 Å². The lowest BCUT2D eigenvalue weighted by molar-refractivity contribution is -0.152. The molecule has 0 bridgehead atoms. The van der Waals surface area contributed by atoms with Crippen LogP contribution in [0.1, 0.15) is 43.7 Å². The number of alkyl halides is 3. The van der Waals surface area contributed by atoms with Gasteiger partial charge in [0.1, 0.15) is 17.5 Å². The number of nitrogens with zero attached hydrogens (tertiary/aromatic N) is 2. The standard InChI is InChI=1S/C21H21F3N4O/c22-21(23,24)17-3-1-2-8-28(17)18-9-13(10-19(29)27-18)14-6-7-25-20-15(14)11-16(26-20)12-4-5-12/h6-7,9-12,17H,1-5,8H2,(H,25,26)(H,27,29). The van der Waals surface area contributed by atoms with Crippen molar-refractivity contribution in [3.05, 3.63) is 46.5 Å². The van der Waals surface area contributed by atoms with E-state index < -0.39 is 17.8 Å². The summed E-state index contributed by atoms with van der Waals surface area (Å²) < 4.78 is 40.6. The molecule has 1 unspecified atom stereocenters. The molecular weight excluding hydrogens is 381 g/mol. The summed E-state index contributed by atoms with van der Waals surface area (Å²) in [5.41, 5.74) is 2.84. The molecule has 1 atom stereocenters. The molecule has 1 aliphatic carbocycles. The number of aromatic amines is 2. The van der Waals surface area contributed by atoms with E-state index in [1.807, 2.05) is 6.07 Å². The Labute approximate surface area is 165 Å². The number of hydrogen-bond donors (Lipinski definition) is 2. The van der Waals surface area contributed by atoms with Crippen LogP contribution in [0.25, 0.3) is 22.2 Å². The molecule has 1 saturated carbocycles. The predicted molar refractivity (Wildman–Crippen MR) is 105 cm³/mol. The second-order valence-corrected chi connectivity index (χ2v) is 7.98. The van der Waals surface area contributed by atoms with Gasteiger partial charge in [-0.25, -0.2) is 4.98 Å². The second kappa shape index (κ2) is 6.64. The fourth-order valence-electron chi connectivity index (χ4n) is 4.31. The summed E-state index contributed by atoms with van der Waals surface area (Å²) in [6.07, 6.45) is 0.847. The number of rotatable bonds is 3. The molecule has 5 nitrogen and oxygen atoms in total. The lowest BCUT2D eigenvalue weighted by Gasteiger charge is -2.38. The molecular formula is C21H21F3N4O. The van der Waals surface area contributed by atoms with E-state index in [4.69, 9.17) is 0 Å². The SMILES string of the molecule is O=c1cc(-c2ccnc3[nH]c(C4CC4)cc23)cc(N2CCCCC2C(F)(F)F)[nH]1. The summed E-state index contributed by atoms with van der Waals surface area (Å²) in [5, 5.41) is 0.886. The fraction of sp³-hybridized carbons (Fsp3) is 0.429. The van der Waals surface area contributed by atoms with Crippen LogP contribution in [0.4, 0.5) is 19.0 Å². The van der Waals surface area contributed by atoms with Crippen molar-refractivity contribution in [3.8, 4) is 11.1 Å². The van der Waals surface area contributed by atoms with E-state index in [1.165, 1.54) is 11.0 Å². The van der Waals surface area contributed by atoms with E-state index in [2.05, 4.69) is 21.0 Å². The highest BCUT2D eigenvalue weighted by Crippen LogP contribution is 2.42. The Kier molecular flexibility index (Phi) is 4.18. The van der Waals surface area contributed by atoms with Crippen molar-refractivity contribution >= 4 is 16.9 Å². The number of fused-ring (bicyclic) bond motifs is 1. The third-order valence-corrected chi connectivity index (χ3v) is 5.90. The zero-order chi connectivity index (χ0) is 20.2. The number of nitrogens with one attached hydrogen (secondary N) is 2. The lowest BCUT2D eigenvalue weighted by Crippen LogP contribution is -2.49. The van der Waals surface area contributed by atoms with Crippen LogP contribution >= 0.6 is 0 Å². The summed E-state index contributed by atoms with van der Waals surface area (Å²) in [6, 6.07) is 5.38. The van der Waals surface area contributed by atoms with Gasteiger partial charge in [0.05, 0.1) is 0 Å². The van der Waals surface area contributed by atoms with Gasteiger partial charge in [0.15, 0.2) is 0 Å². The van der Waals surface area contributed by atoms with Crippen molar-refractivity contribution in [2.75, 3.05) is 11.4 Å². The Hall–Kier alpha value is -2.77. The van der Waals surface area contributed by atoms with E-state index in [-0.39, 0.29) is 18.8 Å². The van der Waals surface area contributed by atoms with E-state index in [1.54, 1.807) is 12.3 Å². The van der Waals surface area contributed by atoms with Crippen LogP contribution in [0.5, 0.6) is 0 Å². The van der Waals surface area contributed by atoms with Crippen molar-refractivity contribution in [2.45, 2.75) is 50.2 Å². The lowest BCUT2D eigenvalue weighted by atomic mass is 10.0. The molecule has 2 N–H and O–H groups in total. The average molecular weight is 402 g/mol. The van der Waals surface area contributed by atoms with Gasteiger partial charge in [0, 0.05) is 29.9 Å². The van der Waals surface area contributed by atoms with Crippen LogP contribution < -0.4 is 10.5 Å². The minimum Gasteiger partial charge on any atom is -0.346 e. The Bertz CT molecular complexity index is 1110. The summed E-state index contributed by atoms with van der Waals surface area (Å²) in [5.74, 6) is 0.741. The summed E-state index contributed by atoms with van der Waals surface area (Å²) in [7, 11) is 0. The molecule has 4 heterocycles. The zero-order valence-corrected chi connectivity index (χ0v) is 15.7. The third-order valence-electron chi connectivity index (χ3n) is 5.90. The summed E-state index contributed by atoms with van der Waals surface area (Å²) in [6.45, 7) is 0.269. The van der Waals surface area contributed by atoms with Crippen molar-refractivity contribution in [1.29, 1.82) is 0 Å². The Morgan fingerprint density at radius 2 is 1.90 bits per heavy atom. The monoisotopic (exact) mass is 402 g/mol. The topological polar surface area (TPSA) is 64.8 Å². The molecule has 8 heteroatoms. The minimum atomic E-state index is -4.34.